The fourth-order valence-corrected chi connectivity index (χ4v) is 2.43. The highest BCUT2D eigenvalue weighted by Crippen LogP contribution is 2.16. The third-order valence-electron chi connectivity index (χ3n) is 3.53. The lowest BCUT2D eigenvalue weighted by Gasteiger charge is -2.09. The standard InChI is InChI=1S/C16H17NO3/c18-16(15-6-3-9-17-15)20-19-11-12-7-8-13-4-1-2-5-14(13)10-12/h1-2,4-5,7-8,10,15,17H,3,6,9,11H2/t15-/m1/s1. The summed E-state index contributed by atoms with van der Waals surface area (Å²) in [6.45, 7) is 1.13. The number of carbonyl (C=O) groups is 1. The van der Waals surface area contributed by atoms with Gasteiger partial charge in [-0.3, -0.25) is 4.89 Å². The van der Waals surface area contributed by atoms with Crippen molar-refractivity contribution in [2.75, 3.05) is 6.54 Å². The molecule has 1 aliphatic heterocycles. The zero-order chi connectivity index (χ0) is 13.8. The second-order valence-corrected chi connectivity index (χ2v) is 4.99. The highest BCUT2D eigenvalue weighted by molar-refractivity contribution is 5.82. The van der Waals surface area contributed by atoms with Gasteiger partial charge in [0.15, 0.2) is 0 Å². The van der Waals surface area contributed by atoms with Crippen molar-refractivity contribution < 1.29 is 14.6 Å². The van der Waals surface area contributed by atoms with Crippen LogP contribution in [0.3, 0.4) is 0 Å². The molecule has 4 heteroatoms. The van der Waals surface area contributed by atoms with E-state index in [4.69, 9.17) is 9.78 Å². The van der Waals surface area contributed by atoms with E-state index < -0.39 is 0 Å². The van der Waals surface area contributed by atoms with Gasteiger partial charge in [0.05, 0.1) is 0 Å². The van der Waals surface area contributed by atoms with E-state index in [2.05, 4.69) is 11.4 Å². The SMILES string of the molecule is O=C(OOCc1ccc2ccccc2c1)[C@H]1CCCN1. The van der Waals surface area contributed by atoms with Crippen LogP contribution in [-0.4, -0.2) is 18.6 Å². The van der Waals surface area contributed by atoms with Gasteiger partial charge >= 0.3 is 5.97 Å². The number of fused-ring (bicyclic) bond motifs is 1. The van der Waals surface area contributed by atoms with E-state index >= 15 is 0 Å². The zero-order valence-electron chi connectivity index (χ0n) is 11.2. The van der Waals surface area contributed by atoms with Crippen LogP contribution in [0.1, 0.15) is 18.4 Å². The lowest BCUT2D eigenvalue weighted by atomic mass is 10.1. The first-order chi connectivity index (χ1) is 9.83. The summed E-state index contributed by atoms with van der Waals surface area (Å²) in [7, 11) is 0. The summed E-state index contributed by atoms with van der Waals surface area (Å²) in [6, 6.07) is 14.0. The highest BCUT2D eigenvalue weighted by Gasteiger charge is 2.24. The van der Waals surface area contributed by atoms with Crippen LogP contribution in [0.4, 0.5) is 0 Å². The Labute approximate surface area is 117 Å². The number of rotatable bonds is 4. The molecular weight excluding hydrogens is 254 g/mol. The van der Waals surface area contributed by atoms with E-state index in [0.717, 1.165) is 30.3 Å². The molecule has 1 fully saturated rings. The van der Waals surface area contributed by atoms with Gasteiger partial charge in [0.1, 0.15) is 12.6 Å². The first kappa shape index (κ1) is 13.1. The van der Waals surface area contributed by atoms with Gasteiger partial charge in [-0.05, 0) is 41.8 Å². The maximum absolute atomic E-state index is 11.6. The minimum absolute atomic E-state index is 0.216. The molecule has 0 amide bonds. The van der Waals surface area contributed by atoms with E-state index in [-0.39, 0.29) is 18.6 Å². The largest absolute Gasteiger partial charge is 0.359 e. The number of benzene rings is 2. The molecule has 1 saturated heterocycles. The lowest BCUT2D eigenvalue weighted by molar-refractivity contribution is -0.281. The topological polar surface area (TPSA) is 47.6 Å². The van der Waals surface area contributed by atoms with E-state index in [0.29, 0.717) is 0 Å². The van der Waals surface area contributed by atoms with Crippen molar-refractivity contribution in [2.24, 2.45) is 0 Å². The van der Waals surface area contributed by atoms with Crippen molar-refractivity contribution >= 4 is 16.7 Å². The Morgan fingerprint density at radius 3 is 2.85 bits per heavy atom. The maximum atomic E-state index is 11.6. The quantitative estimate of drug-likeness (QED) is 0.686. The first-order valence-electron chi connectivity index (χ1n) is 6.87. The van der Waals surface area contributed by atoms with Crippen molar-refractivity contribution in [3.05, 3.63) is 48.0 Å². The first-order valence-corrected chi connectivity index (χ1v) is 6.87. The average molecular weight is 271 g/mol. The molecule has 2 aromatic carbocycles. The minimum atomic E-state index is -0.330. The third-order valence-corrected chi connectivity index (χ3v) is 3.53. The molecule has 0 bridgehead atoms. The Kier molecular flexibility index (Phi) is 3.95. The van der Waals surface area contributed by atoms with Gasteiger partial charge in [0.25, 0.3) is 0 Å². The molecule has 1 heterocycles. The Bertz CT molecular complexity index is 605. The molecule has 0 aliphatic carbocycles. The molecule has 2 aromatic rings. The lowest BCUT2D eigenvalue weighted by Crippen LogP contribution is -2.32. The predicted molar refractivity (Wildman–Crippen MR) is 75.9 cm³/mol. The van der Waals surface area contributed by atoms with Gasteiger partial charge in [0, 0.05) is 0 Å². The molecule has 1 N–H and O–H groups in total. The summed E-state index contributed by atoms with van der Waals surface area (Å²) in [5.74, 6) is -0.330. The molecule has 0 unspecified atom stereocenters. The second kappa shape index (κ2) is 6.03. The van der Waals surface area contributed by atoms with Gasteiger partial charge in [-0.2, -0.15) is 4.89 Å². The Balaban J connectivity index is 1.55. The van der Waals surface area contributed by atoms with Crippen LogP contribution in [0.5, 0.6) is 0 Å². The summed E-state index contributed by atoms with van der Waals surface area (Å²) in [5, 5.41) is 5.41. The van der Waals surface area contributed by atoms with Crippen molar-refractivity contribution in [2.45, 2.75) is 25.5 Å². The van der Waals surface area contributed by atoms with E-state index in [1.165, 1.54) is 5.39 Å². The Hall–Kier alpha value is -1.91. The smallest absolute Gasteiger partial charge is 0.304 e. The fraction of sp³-hybridized carbons (Fsp3) is 0.312. The van der Waals surface area contributed by atoms with Crippen molar-refractivity contribution in [3.63, 3.8) is 0 Å². The van der Waals surface area contributed by atoms with Gasteiger partial charge in [0.2, 0.25) is 0 Å². The van der Waals surface area contributed by atoms with Crippen LogP contribution in [0, 0.1) is 0 Å². The number of nitrogens with one attached hydrogen (secondary N) is 1. The van der Waals surface area contributed by atoms with Crippen molar-refractivity contribution in [3.8, 4) is 0 Å². The molecule has 20 heavy (non-hydrogen) atoms. The number of hydrogen-bond acceptors (Lipinski definition) is 4. The molecule has 0 aromatic heterocycles. The molecular formula is C16H17NO3. The highest BCUT2D eigenvalue weighted by atomic mass is 17.2. The van der Waals surface area contributed by atoms with E-state index in [1.54, 1.807) is 0 Å². The van der Waals surface area contributed by atoms with Gasteiger partial charge in [-0.1, -0.05) is 36.4 Å². The molecule has 3 rings (SSSR count). The summed E-state index contributed by atoms with van der Waals surface area (Å²) in [5.41, 5.74) is 0.982. The summed E-state index contributed by atoms with van der Waals surface area (Å²) >= 11 is 0. The Morgan fingerprint density at radius 1 is 1.20 bits per heavy atom. The van der Waals surface area contributed by atoms with Crippen molar-refractivity contribution in [1.29, 1.82) is 0 Å². The zero-order valence-corrected chi connectivity index (χ0v) is 11.2. The third kappa shape index (κ3) is 2.98. The fourth-order valence-electron chi connectivity index (χ4n) is 2.43. The molecule has 1 aliphatic rings. The molecule has 0 spiro atoms. The molecule has 0 radical (unpaired) electrons. The van der Waals surface area contributed by atoms with Crippen LogP contribution in [0.2, 0.25) is 0 Å². The minimum Gasteiger partial charge on any atom is -0.304 e. The Morgan fingerprint density at radius 2 is 2.05 bits per heavy atom. The molecule has 4 nitrogen and oxygen atoms in total. The summed E-state index contributed by atoms with van der Waals surface area (Å²) < 4.78 is 0. The van der Waals surface area contributed by atoms with Crippen LogP contribution >= 0.6 is 0 Å². The molecule has 0 saturated carbocycles. The normalized spacial score (nSPS) is 18.3. The van der Waals surface area contributed by atoms with Gasteiger partial charge in [-0.25, -0.2) is 4.79 Å². The van der Waals surface area contributed by atoms with Crippen molar-refractivity contribution in [1.82, 2.24) is 5.32 Å². The van der Waals surface area contributed by atoms with Crippen LogP contribution < -0.4 is 5.32 Å². The van der Waals surface area contributed by atoms with Crippen LogP contribution in [0.25, 0.3) is 10.8 Å². The summed E-state index contributed by atoms with van der Waals surface area (Å²) in [4.78, 5) is 21.5. The molecule has 1 atom stereocenters. The molecule has 104 valence electrons. The van der Waals surface area contributed by atoms with Gasteiger partial charge < -0.3 is 5.32 Å². The van der Waals surface area contributed by atoms with E-state index in [1.807, 2.05) is 36.4 Å². The average Bonchev–Trinajstić information content (AvgIpc) is 3.01. The van der Waals surface area contributed by atoms with Crippen LogP contribution in [0.15, 0.2) is 42.5 Å². The van der Waals surface area contributed by atoms with Crippen LogP contribution in [-0.2, 0) is 21.2 Å². The predicted octanol–water partition coefficient (Wildman–Crippen LogP) is 2.57. The number of hydrogen-bond donors (Lipinski definition) is 1. The maximum Gasteiger partial charge on any atom is 0.359 e. The monoisotopic (exact) mass is 271 g/mol. The second-order valence-electron chi connectivity index (χ2n) is 4.99. The van der Waals surface area contributed by atoms with Gasteiger partial charge in [-0.15, -0.1) is 0 Å². The van der Waals surface area contributed by atoms with E-state index in [9.17, 15) is 4.79 Å². The summed E-state index contributed by atoms with van der Waals surface area (Å²) in [6.07, 6.45) is 1.82. The number of carbonyl (C=O) groups excluding carboxylic acids is 1.